The summed E-state index contributed by atoms with van der Waals surface area (Å²) < 4.78 is 19.0. The van der Waals surface area contributed by atoms with E-state index >= 15 is 0 Å². The van der Waals surface area contributed by atoms with E-state index < -0.39 is 5.82 Å². The van der Waals surface area contributed by atoms with Crippen molar-refractivity contribution >= 4 is 35.0 Å². The maximum absolute atomic E-state index is 13.2. The van der Waals surface area contributed by atoms with Gasteiger partial charge in [0.05, 0.1) is 21.6 Å². The highest BCUT2D eigenvalue weighted by Crippen LogP contribution is 2.34. The van der Waals surface area contributed by atoms with E-state index in [4.69, 9.17) is 33.2 Å². The maximum atomic E-state index is 13.2. The van der Waals surface area contributed by atoms with Gasteiger partial charge in [-0.2, -0.15) is 10.2 Å². The molecule has 8 heteroatoms. The van der Waals surface area contributed by atoms with Gasteiger partial charge >= 0.3 is 0 Å². The monoisotopic (exact) mass is 405 g/mol. The van der Waals surface area contributed by atoms with E-state index in [1.807, 2.05) is 12.1 Å². The number of aromatic nitrogens is 2. The fraction of sp³-hybridized carbons (Fsp3) is 0.0556. The van der Waals surface area contributed by atoms with E-state index in [9.17, 15) is 4.39 Å². The predicted octanol–water partition coefficient (Wildman–Crippen LogP) is 5.52. The van der Waals surface area contributed by atoms with Crippen molar-refractivity contribution < 1.29 is 9.13 Å². The Kier molecular flexibility index (Phi) is 5.94. The topological polar surface area (TPSA) is 58.8 Å². The first-order valence-electron chi connectivity index (χ1n) is 7.32. The lowest BCUT2D eigenvalue weighted by Crippen LogP contribution is -2.00. The summed E-state index contributed by atoms with van der Waals surface area (Å²) in [6, 6.07) is 13.5. The summed E-state index contributed by atoms with van der Waals surface area (Å²) in [4.78, 5) is 9.64. The minimum Gasteiger partial charge on any atom is -0.472 e. The molecular formula is C18H10Cl2FN3OS. The van der Waals surface area contributed by atoms with Gasteiger partial charge in [-0.25, -0.2) is 9.37 Å². The number of hydrogen-bond donors (Lipinski definition) is 0. The summed E-state index contributed by atoms with van der Waals surface area (Å²) >= 11 is 13.0. The Labute approximate surface area is 163 Å². The van der Waals surface area contributed by atoms with E-state index in [0.717, 1.165) is 4.90 Å². The molecule has 130 valence electrons. The van der Waals surface area contributed by atoms with Crippen molar-refractivity contribution in [3.05, 3.63) is 75.9 Å². The molecule has 3 aromatic rings. The van der Waals surface area contributed by atoms with Crippen LogP contribution in [0.3, 0.4) is 0 Å². The second-order valence-electron chi connectivity index (χ2n) is 5.08. The number of nitriles is 1. The molecule has 0 bridgehead atoms. The zero-order valence-electron chi connectivity index (χ0n) is 13.1. The van der Waals surface area contributed by atoms with Gasteiger partial charge in [-0.05, 0) is 53.6 Å². The molecule has 0 spiro atoms. The van der Waals surface area contributed by atoms with Crippen LogP contribution in [0.25, 0.3) is 0 Å². The molecule has 0 aliphatic heterocycles. The van der Waals surface area contributed by atoms with Gasteiger partial charge in [-0.15, -0.1) is 0 Å². The lowest BCUT2D eigenvalue weighted by molar-refractivity contribution is 0.285. The highest BCUT2D eigenvalue weighted by Gasteiger charge is 2.11. The van der Waals surface area contributed by atoms with Gasteiger partial charge in [0, 0.05) is 11.1 Å². The summed E-state index contributed by atoms with van der Waals surface area (Å²) in [5.74, 6) is -0.183. The first-order chi connectivity index (χ1) is 12.5. The zero-order valence-corrected chi connectivity index (χ0v) is 15.4. The van der Waals surface area contributed by atoms with Gasteiger partial charge in [-0.1, -0.05) is 29.4 Å². The number of hydrogen-bond acceptors (Lipinski definition) is 5. The van der Waals surface area contributed by atoms with E-state index in [1.54, 1.807) is 24.4 Å². The van der Waals surface area contributed by atoms with Crippen LogP contribution in [0.15, 0.2) is 58.5 Å². The van der Waals surface area contributed by atoms with E-state index in [0.29, 0.717) is 21.9 Å². The summed E-state index contributed by atoms with van der Waals surface area (Å²) in [5, 5.41) is 8.95. The van der Waals surface area contributed by atoms with Crippen molar-refractivity contribution in [2.24, 2.45) is 0 Å². The molecule has 0 radical (unpaired) electrons. The average molecular weight is 406 g/mol. The SMILES string of the molecule is N#Cc1ccc(Sc2cnc(Cl)nc2OCc2ccc(F)c(Cl)c2)cc1. The molecule has 0 amide bonds. The summed E-state index contributed by atoms with van der Waals surface area (Å²) in [6.45, 7) is 0.147. The minimum absolute atomic E-state index is 0.0269. The molecule has 0 unspecified atom stereocenters. The third-order valence-corrected chi connectivity index (χ3v) is 4.74. The van der Waals surface area contributed by atoms with Crippen molar-refractivity contribution in [1.82, 2.24) is 9.97 Å². The summed E-state index contributed by atoms with van der Waals surface area (Å²) in [5.41, 5.74) is 1.27. The van der Waals surface area contributed by atoms with Gasteiger partial charge in [0.1, 0.15) is 12.4 Å². The van der Waals surface area contributed by atoms with Crippen LogP contribution in [0.1, 0.15) is 11.1 Å². The van der Waals surface area contributed by atoms with Gasteiger partial charge in [-0.3, -0.25) is 0 Å². The van der Waals surface area contributed by atoms with Crippen LogP contribution in [0.5, 0.6) is 5.88 Å². The quantitative estimate of drug-likeness (QED) is 0.522. The van der Waals surface area contributed by atoms with E-state index in [-0.39, 0.29) is 16.9 Å². The van der Waals surface area contributed by atoms with Crippen molar-refractivity contribution in [2.75, 3.05) is 0 Å². The van der Waals surface area contributed by atoms with Crippen LogP contribution in [0.4, 0.5) is 4.39 Å². The number of benzene rings is 2. The molecule has 0 fully saturated rings. The standard InChI is InChI=1S/C18H10Cl2FN3OS/c19-14-7-12(3-6-15(14)21)10-25-17-16(9-23-18(20)24-17)26-13-4-1-11(8-22)2-5-13/h1-7,9H,10H2. The fourth-order valence-corrected chi connectivity index (χ4v) is 3.17. The third kappa shape index (κ3) is 4.64. The van der Waals surface area contributed by atoms with Crippen LogP contribution in [-0.4, -0.2) is 9.97 Å². The first-order valence-corrected chi connectivity index (χ1v) is 8.89. The largest absolute Gasteiger partial charge is 0.472 e. The molecule has 26 heavy (non-hydrogen) atoms. The molecule has 0 aliphatic rings. The van der Waals surface area contributed by atoms with Crippen LogP contribution in [0, 0.1) is 17.1 Å². The lowest BCUT2D eigenvalue weighted by Gasteiger charge is -2.10. The maximum Gasteiger partial charge on any atom is 0.232 e. The Morgan fingerprint density at radius 3 is 2.62 bits per heavy atom. The van der Waals surface area contributed by atoms with E-state index in [2.05, 4.69) is 16.0 Å². The number of rotatable bonds is 5. The zero-order chi connectivity index (χ0) is 18.5. The van der Waals surface area contributed by atoms with Gasteiger partial charge in [0.2, 0.25) is 11.2 Å². The Morgan fingerprint density at radius 1 is 1.15 bits per heavy atom. The third-order valence-electron chi connectivity index (χ3n) is 3.26. The Balaban J connectivity index is 1.78. The van der Waals surface area contributed by atoms with Gasteiger partial charge in [0.15, 0.2) is 0 Å². The van der Waals surface area contributed by atoms with Gasteiger partial charge in [0.25, 0.3) is 0 Å². The fourth-order valence-electron chi connectivity index (χ4n) is 2.01. The van der Waals surface area contributed by atoms with Crippen molar-refractivity contribution in [1.29, 1.82) is 5.26 Å². The molecule has 1 aromatic heterocycles. The molecule has 1 heterocycles. The Bertz CT molecular complexity index is 977. The lowest BCUT2D eigenvalue weighted by atomic mass is 10.2. The smallest absolute Gasteiger partial charge is 0.232 e. The average Bonchev–Trinajstić information content (AvgIpc) is 2.65. The second kappa shape index (κ2) is 8.37. The number of ether oxygens (including phenoxy) is 1. The van der Waals surface area contributed by atoms with Crippen LogP contribution in [0.2, 0.25) is 10.3 Å². The summed E-state index contributed by atoms with van der Waals surface area (Å²) in [7, 11) is 0. The van der Waals surface area contributed by atoms with Crippen LogP contribution < -0.4 is 4.74 Å². The van der Waals surface area contributed by atoms with Crippen molar-refractivity contribution in [2.45, 2.75) is 16.4 Å². The molecule has 4 nitrogen and oxygen atoms in total. The Hall–Kier alpha value is -2.33. The normalized spacial score (nSPS) is 10.4. The highest BCUT2D eigenvalue weighted by atomic mass is 35.5. The van der Waals surface area contributed by atoms with Crippen LogP contribution >= 0.6 is 35.0 Å². The Morgan fingerprint density at radius 2 is 1.92 bits per heavy atom. The van der Waals surface area contributed by atoms with Crippen molar-refractivity contribution in [3.63, 3.8) is 0 Å². The second-order valence-corrected chi connectivity index (χ2v) is 6.94. The molecule has 0 N–H and O–H groups in total. The number of halogens is 3. The summed E-state index contributed by atoms with van der Waals surface area (Å²) in [6.07, 6.45) is 1.56. The highest BCUT2D eigenvalue weighted by molar-refractivity contribution is 7.99. The van der Waals surface area contributed by atoms with Crippen molar-refractivity contribution in [3.8, 4) is 11.9 Å². The van der Waals surface area contributed by atoms with Gasteiger partial charge < -0.3 is 4.74 Å². The molecule has 0 saturated carbocycles. The predicted molar refractivity (Wildman–Crippen MR) is 98.1 cm³/mol. The number of nitrogens with zero attached hydrogens (tertiary/aromatic N) is 3. The van der Waals surface area contributed by atoms with Crippen LogP contribution in [-0.2, 0) is 6.61 Å². The van der Waals surface area contributed by atoms with E-state index in [1.165, 1.54) is 23.9 Å². The molecule has 2 aromatic carbocycles. The first kappa shape index (κ1) is 18.5. The molecule has 3 rings (SSSR count). The molecular weight excluding hydrogens is 396 g/mol. The minimum atomic E-state index is -0.488. The molecule has 0 saturated heterocycles. The molecule has 0 atom stereocenters. The molecule has 0 aliphatic carbocycles.